The molecular weight excluding hydrogens is 504 g/mol. The number of hydrogen-bond donors (Lipinski definition) is 3. The molecule has 0 aliphatic carbocycles. The Morgan fingerprint density at radius 3 is 2.53 bits per heavy atom. The summed E-state index contributed by atoms with van der Waals surface area (Å²) in [7, 11) is 1.44. The fraction of sp³-hybridized carbons (Fsp3) is 0.138. The van der Waals surface area contributed by atoms with E-state index in [0.717, 1.165) is 4.90 Å². The molecule has 0 heterocycles. The van der Waals surface area contributed by atoms with Gasteiger partial charge in [0.05, 0.1) is 13.7 Å². The van der Waals surface area contributed by atoms with Crippen molar-refractivity contribution >= 4 is 41.3 Å². The minimum Gasteiger partial charge on any atom is -0.508 e. The molecule has 3 rings (SSSR count). The largest absolute Gasteiger partial charge is 0.508 e. The van der Waals surface area contributed by atoms with Gasteiger partial charge in [-0.25, -0.2) is 4.79 Å². The van der Waals surface area contributed by atoms with Gasteiger partial charge in [-0.2, -0.15) is 0 Å². The van der Waals surface area contributed by atoms with E-state index < -0.39 is 17.8 Å². The van der Waals surface area contributed by atoms with Crippen molar-refractivity contribution in [1.29, 1.82) is 0 Å². The van der Waals surface area contributed by atoms with E-state index in [9.17, 15) is 19.5 Å². The van der Waals surface area contributed by atoms with Crippen LogP contribution in [0.4, 0.5) is 5.69 Å². The molecule has 0 spiro atoms. The number of carbonyl (C=O) groups excluding carboxylic acids is 3. The van der Waals surface area contributed by atoms with E-state index in [4.69, 9.17) is 9.47 Å². The summed E-state index contributed by atoms with van der Waals surface area (Å²) in [4.78, 5) is 38.5. The third-order valence-electron chi connectivity index (χ3n) is 5.02. The summed E-state index contributed by atoms with van der Waals surface area (Å²) in [6, 6.07) is 20.2. The van der Waals surface area contributed by atoms with Gasteiger partial charge in [-0.3, -0.25) is 9.59 Å². The third kappa shape index (κ3) is 8.56. The van der Waals surface area contributed by atoms with Crippen LogP contribution in [0.2, 0.25) is 0 Å². The number of methoxy groups -OCH3 is 1. The minimum absolute atomic E-state index is 0.00439. The Balaban J connectivity index is 1.80. The van der Waals surface area contributed by atoms with Crippen molar-refractivity contribution in [3.8, 4) is 11.5 Å². The van der Waals surface area contributed by atoms with Gasteiger partial charge in [-0.1, -0.05) is 30.3 Å². The highest BCUT2D eigenvalue weighted by atomic mass is 32.2. The predicted octanol–water partition coefficient (Wildman–Crippen LogP) is 5.02. The first-order valence-electron chi connectivity index (χ1n) is 11.7. The Kier molecular flexibility index (Phi) is 10.6. The van der Waals surface area contributed by atoms with Gasteiger partial charge in [0.1, 0.15) is 17.2 Å². The summed E-state index contributed by atoms with van der Waals surface area (Å²) in [6.45, 7) is 2.06. The number of ether oxygens (including phenoxy) is 2. The fourth-order valence-corrected chi connectivity index (χ4v) is 4.03. The number of nitrogens with one attached hydrogen (secondary N) is 2. The van der Waals surface area contributed by atoms with Gasteiger partial charge in [0.15, 0.2) is 0 Å². The number of phenols is 1. The van der Waals surface area contributed by atoms with E-state index in [1.54, 1.807) is 67.6 Å². The van der Waals surface area contributed by atoms with Crippen molar-refractivity contribution < 1.29 is 29.0 Å². The number of phenolic OH excluding ortho intramolecular Hbond substituents is 1. The number of carbonyl (C=O) groups is 3. The molecule has 0 unspecified atom stereocenters. The normalized spacial score (nSPS) is 11.2. The fourth-order valence-electron chi connectivity index (χ4n) is 3.26. The second-order valence-corrected chi connectivity index (χ2v) is 8.85. The maximum absolute atomic E-state index is 13.3. The molecule has 2 amide bonds. The lowest BCUT2D eigenvalue weighted by atomic mass is 10.1. The topological polar surface area (TPSA) is 114 Å². The van der Waals surface area contributed by atoms with Crippen molar-refractivity contribution in [2.75, 3.05) is 24.8 Å². The molecule has 0 atom stereocenters. The maximum atomic E-state index is 13.3. The molecule has 3 N–H and O–H groups in total. The monoisotopic (exact) mass is 532 g/mol. The zero-order valence-corrected chi connectivity index (χ0v) is 21.8. The highest BCUT2D eigenvalue weighted by Crippen LogP contribution is 2.26. The lowest BCUT2D eigenvalue weighted by Gasteiger charge is -2.13. The summed E-state index contributed by atoms with van der Waals surface area (Å²) in [6.07, 6.45) is 4.57. The molecule has 0 saturated carbocycles. The zero-order chi connectivity index (χ0) is 27.3. The number of aromatic hydroxyl groups is 1. The average Bonchev–Trinajstić information content (AvgIpc) is 2.92. The van der Waals surface area contributed by atoms with Gasteiger partial charge < -0.3 is 25.2 Å². The van der Waals surface area contributed by atoms with Gasteiger partial charge >= 0.3 is 5.97 Å². The number of rotatable bonds is 11. The standard InChI is InChI=1S/C29H28N2O6S/c1-3-37-27(33)13-8-16-38-24-12-7-11-22(18-24)30-29(35)25(31-28(34)20-9-5-4-6-10-20)17-21-14-15-23(32)19-26(21)36-2/h4-15,17-19,32H,3,16H2,1-2H3,(H,30,35)(H,31,34)/b13-8+,25-17-. The molecule has 0 aliphatic rings. The quantitative estimate of drug-likeness (QED) is 0.180. The SMILES string of the molecule is CCOC(=O)/C=C/CSc1cccc(NC(=O)/C(=C/c2ccc(O)cc2OC)NC(=O)c2ccccc2)c1. The lowest BCUT2D eigenvalue weighted by molar-refractivity contribution is -0.137. The number of anilines is 1. The van der Waals surface area contributed by atoms with Crippen LogP contribution in [0, 0.1) is 0 Å². The maximum Gasteiger partial charge on any atom is 0.330 e. The molecule has 0 aliphatic heterocycles. The zero-order valence-electron chi connectivity index (χ0n) is 21.0. The second-order valence-electron chi connectivity index (χ2n) is 7.75. The molecule has 0 radical (unpaired) electrons. The Bertz CT molecular complexity index is 1340. The first-order chi connectivity index (χ1) is 18.4. The van der Waals surface area contributed by atoms with Crippen LogP contribution in [-0.4, -0.2) is 42.4 Å². The van der Waals surface area contributed by atoms with Gasteiger partial charge in [-0.15, -0.1) is 11.8 Å². The van der Waals surface area contributed by atoms with E-state index >= 15 is 0 Å². The minimum atomic E-state index is -0.547. The molecule has 0 aromatic heterocycles. The summed E-state index contributed by atoms with van der Waals surface area (Å²) in [5.74, 6) is -0.523. The van der Waals surface area contributed by atoms with E-state index in [1.807, 2.05) is 6.07 Å². The van der Waals surface area contributed by atoms with Crippen LogP contribution in [0.25, 0.3) is 6.08 Å². The predicted molar refractivity (Wildman–Crippen MR) is 148 cm³/mol. The molecule has 38 heavy (non-hydrogen) atoms. The van der Waals surface area contributed by atoms with Gasteiger partial charge in [-0.05, 0) is 55.5 Å². The van der Waals surface area contributed by atoms with Crippen molar-refractivity contribution in [2.45, 2.75) is 11.8 Å². The molecule has 9 heteroatoms. The van der Waals surface area contributed by atoms with Crippen LogP contribution in [0.5, 0.6) is 11.5 Å². The number of hydrogen-bond acceptors (Lipinski definition) is 7. The van der Waals surface area contributed by atoms with Crippen molar-refractivity contribution in [3.63, 3.8) is 0 Å². The Morgan fingerprint density at radius 1 is 1.00 bits per heavy atom. The number of benzene rings is 3. The van der Waals surface area contributed by atoms with Gasteiger partial charge in [0.2, 0.25) is 0 Å². The Hall–Kier alpha value is -4.50. The van der Waals surface area contributed by atoms with E-state index in [-0.39, 0.29) is 11.4 Å². The molecule has 3 aromatic rings. The van der Waals surface area contributed by atoms with Crippen LogP contribution in [0.3, 0.4) is 0 Å². The summed E-state index contributed by atoms with van der Waals surface area (Å²) in [5, 5.41) is 15.3. The lowest BCUT2D eigenvalue weighted by Crippen LogP contribution is -2.30. The van der Waals surface area contributed by atoms with Crippen LogP contribution in [0.15, 0.2) is 95.5 Å². The molecule has 0 saturated heterocycles. The highest BCUT2D eigenvalue weighted by Gasteiger charge is 2.16. The second kappa shape index (κ2) is 14.3. The van der Waals surface area contributed by atoms with Crippen molar-refractivity contribution in [2.24, 2.45) is 0 Å². The first kappa shape index (κ1) is 28.1. The number of amides is 2. The average molecular weight is 533 g/mol. The molecule has 8 nitrogen and oxygen atoms in total. The first-order valence-corrected chi connectivity index (χ1v) is 12.7. The van der Waals surface area contributed by atoms with Crippen molar-refractivity contribution in [1.82, 2.24) is 5.32 Å². The molecule has 3 aromatic carbocycles. The van der Waals surface area contributed by atoms with Gasteiger partial charge in [0.25, 0.3) is 11.8 Å². The molecule has 0 bridgehead atoms. The van der Waals surface area contributed by atoms with Crippen LogP contribution in [0.1, 0.15) is 22.8 Å². The smallest absolute Gasteiger partial charge is 0.330 e. The summed E-state index contributed by atoms with van der Waals surface area (Å²) in [5.41, 5.74) is 1.38. The molecule has 0 fully saturated rings. The van der Waals surface area contributed by atoms with Crippen LogP contribution in [-0.2, 0) is 14.3 Å². The highest BCUT2D eigenvalue weighted by molar-refractivity contribution is 7.99. The summed E-state index contributed by atoms with van der Waals surface area (Å²) < 4.78 is 10.2. The van der Waals surface area contributed by atoms with Crippen LogP contribution >= 0.6 is 11.8 Å². The van der Waals surface area contributed by atoms with Crippen molar-refractivity contribution in [3.05, 3.63) is 102 Å². The van der Waals surface area contributed by atoms with Gasteiger partial charge in [0, 0.05) is 39.6 Å². The Labute approximate surface area is 225 Å². The number of thioether (sulfide) groups is 1. The Morgan fingerprint density at radius 2 is 1.79 bits per heavy atom. The summed E-state index contributed by atoms with van der Waals surface area (Å²) >= 11 is 1.48. The molecular formula is C29H28N2O6S. The van der Waals surface area contributed by atoms with E-state index in [0.29, 0.717) is 34.9 Å². The molecule has 196 valence electrons. The van der Waals surface area contributed by atoms with Crippen LogP contribution < -0.4 is 15.4 Å². The van der Waals surface area contributed by atoms with E-state index in [1.165, 1.54) is 43.2 Å². The number of esters is 1. The van der Waals surface area contributed by atoms with E-state index in [2.05, 4.69) is 10.6 Å². The third-order valence-corrected chi connectivity index (χ3v) is 5.97.